The Morgan fingerprint density at radius 2 is 1.77 bits per heavy atom. The zero-order chi connectivity index (χ0) is 21.1. The molecule has 1 heterocycles. The molecule has 5 nitrogen and oxygen atoms in total. The molecule has 0 atom stereocenters. The zero-order valence-electron chi connectivity index (χ0n) is 16.9. The van der Waals surface area contributed by atoms with Gasteiger partial charge in [0.1, 0.15) is 5.52 Å². The lowest BCUT2D eigenvalue weighted by molar-refractivity contribution is 0.102. The van der Waals surface area contributed by atoms with Crippen molar-refractivity contribution in [3.05, 3.63) is 75.9 Å². The molecular formula is C24H22IN3O2. The van der Waals surface area contributed by atoms with E-state index < -0.39 is 0 Å². The number of benzene rings is 3. The minimum atomic E-state index is -0.143. The van der Waals surface area contributed by atoms with E-state index in [4.69, 9.17) is 4.42 Å². The van der Waals surface area contributed by atoms with Gasteiger partial charge in [-0.1, -0.05) is 12.1 Å². The maximum absolute atomic E-state index is 12.6. The molecule has 4 aromatic rings. The molecule has 0 aliphatic rings. The van der Waals surface area contributed by atoms with Crippen LogP contribution in [0.25, 0.3) is 22.6 Å². The highest BCUT2D eigenvalue weighted by molar-refractivity contribution is 14.1. The van der Waals surface area contributed by atoms with Gasteiger partial charge in [0.05, 0.1) is 5.56 Å². The van der Waals surface area contributed by atoms with Crippen LogP contribution in [0.5, 0.6) is 0 Å². The van der Waals surface area contributed by atoms with E-state index >= 15 is 0 Å². The Morgan fingerprint density at radius 3 is 2.47 bits per heavy atom. The van der Waals surface area contributed by atoms with Crippen molar-refractivity contribution in [3.63, 3.8) is 0 Å². The summed E-state index contributed by atoms with van der Waals surface area (Å²) in [6, 6.07) is 21.2. The molecule has 1 N–H and O–H groups in total. The van der Waals surface area contributed by atoms with Crippen LogP contribution >= 0.6 is 22.6 Å². The van der Waals surface area contributed by atoms with Crippen LogP contribution < -0.4 is 10.2 Å². The van der Waals surface area contributed by atoms with Crippen LogP contribution in [0.1, 0.15) is 24.2 Å². The first kappa shape index (κ1) is 20.4. The summed E-state index contributed by atoms with van der Waals surface area (Å²) in [7, 11) is 0. The Morgan fingerprint density at radius 1 is 1.03 bits per heavy atom. The van der Waals surface area contributed by atoms with Crippen LogP contribution in [-0.2, 0) is 0 Å². The molecular weight excluding hydrogens is 489 g/mol. The van der Waals surface area contributed by atoms with Crippen LogP contribution in [0.2, 0.25) is 0 Å². The first-order valence-electron chi connectivity index (χ1n) is 9.91. The minimum absolute atomic E-state index is 0.143. The standard InChI is InChI=1S/C24H22IN3O2/c1-3-28(4-2)18-12-9-16(10-13-18)24-27-21-15-17(11-14-22(21)30-24)26-23(29)19-7-5-6-8-20(19)25/h5-15H,3-4H2,1-2H3,(H,26,29). The molecule has 0 radical (unpaired) electrons. The zero-order valence-corrected chi connectivity index (χ0v) is 19.0. The number of carbonyl (C=O) groups is 1. The van der Waals surface area contributed by atoms with Crippen LogP contribution in [-0.4, -0.2) is 24.0 Å². The number of aromatic nitrogens is 1. The van der Waals surface area contributed by atoms with E-state index in [-0.39, 0.29) is 5.91 Å². The molecule has 152 valence electrons. The molecule has 1 aromatic heterocycles. The Bertz CT molecular complexity index is 1180. The Balaban J connectivity index is 1.57. The highest BCUT2D eigenvalue weighted by Crippen LogP contribution is 2.28. The molecule has 4 rings (SSSR count). The summed E-state index contributed by atoms with van der Waals surface area (Å²) in [5, 5.41) is 2.94. The summed E-state index contributed by atoms with van der Waals surface area (Å²) in [6.45, 7) is 6.23. The second-order valence-corrected chi connectivity index (χ2v) is 8.02. The summed E-state index contributed by atoms with van der Waals surface area (Å²) >= 11 is 2.16. The van der Waals surface area contributed by atoms with Crippen LogP contribution in [0.3, 0.4) is 0 Å². The smallest absolute Gasteiger partial charge is 0.256 e. The fourth-order valence-electron chi connectivity index (χ4n) is 3.38. The summed E-state index contributed by atoms with van der Waals surface area (Å²) in [6.07, 6.45) is 0. The molecule has 0 unspecified atom stereocenters. The van der Waals surface area contributed by atoms with E-state index in [1.165, 1.54) is 5.69 Å². The summed E-state index contributed by atoms with van der Waals surface area (Å²) in [4.78, 5) is 19.5. The van der Waals surface area contributed by atoms with Gasteiger partial charge in [0.2, 0.25) is 5.89 Å². The Hall–Kier alpha value is -2.87. The normalized spacial score (nSPS) is 10.9. The largest absolute Gasteiger partial charge is 0.436 e. The number of carbonyl (C=O) groups excluding carboxylic acids is 1. The number of rotatable bonds is 6. The molecule has 30 heavy (non-hydrogen) atoms. The highest BCUT2D eigenvalue weighted by atomic mass is 127. The van der Waals surface area contributed by atoms with Crippen molar-refractivity contribution in [2.24, 2.45) is 0 Å². The number of hydrogen-bond acceptors (Lipinski definition) is 4. The van der Waals surface area contributed by atoms with Crippen molar-refractivity contribution in [1.29, 1.82) is 0 Å². The van der Waals surface area contributed by atoms with Crippen molar-refractivity contribution < 1.29 is 9.21 Å². The van der Waals surface area contributed by atoms with Crippen molar-refractivity contribution >= 4 is 51.0 Å². The fourth-order valence-corrected chi connectivity index (χ4v) is 4.01. The number of fused-ring (bicyclic) bond motifs is 1. The lowest BCUT2D eigenvalue weighted by Gasteiger charge is -2.20. The van der Waals surface area contributed by atoms with Gasteiger partial charge in [-0.15, -0.1) is 0 Å². The first-order chi connectivity index (χ1) is 14.6. The van der Waals surface area contributed by atoms with Gasteiger partial charge in [0.25, 0.3) is 5.91 Å². The maximum Gasteiger partial charge on any atom is 0.256 e. The van der Waals surface area contributed by atoms with Crippen LogP contribution in [0.15, 0.2) is 71.1 Å². The third-order valence-electron chi connectivity index (χ3n) is 5.01. The lowest BCUT2D eigenvalue weighted by atomic mass is 10.2. The van der Waals surface area contributed by atoms with E-state index in [2.05, 4.69) is 63.8 Å². The number of amides is 1. The monoisotopic (exact) mass is 511 g/mol. The lowest BCUT2D eigenvalue weighted by Crippen LogP contribution is -2.21. The summed E-state index contributed by atoms with van der Waals surface area (Å²) < 4.78 is 6.84. The second-order valence-electron chi connectivity index (χ2n) is 6.85. The molecule has 0 bridgehead atoms. The summed E-state index contributed by atoms with van der Waals surface area (Å²) in [5.74, 6) is 0.423. The molecule has 0 aliphatic carbocycles. The van der Waals surface area contributed by atoms with Gasteiger partial charge in [-0.25, -0.2) is 4.98 Å². The van der Waals surface area contributed by atoms with Crippen LogP contribution in [0, 0.1) is 3.57 Å². The van der Waals surface area contributed by atoms with Crippen molar-refractivity contribution in [2.75, 3.05) is 23.3 Å². The van der Waals surface area contributed by atoms with Gasteiger partial charge in [0, 0.05) is 33.6 Å². The number of oxazole rings is 1. The van der Waals surface area contributed by atoms with Gasteiger partial charge >= 0.3 is 0 Å². The average Bonchev–Trinajstić information content (AvgIpc) is 3.19. The number of nitrogens with zero attached hydrogens (tertiary/aromatic N) is 2. The predicted octanol–water partition coefficient (Wildman–Crippen LogP) is 6.20. The highest BCUT2D eigenvalue weighted by Gasteiger charge is 2.13. The maximum atomic E-state index is 12.6. The molecule has 3 aromatic carbocycles. The van der Waals surface area contributed by atoms with E-state index in [0.29, 0.717) is 28.2 Å². The third kappa shape index (κ3) is 4.18. The van der Waals surface area contributed by atoms with Gasteiger partial charge in [-0.05, 0) is 91.0 Å². The van der Waals surface area contributed by atoms with Gasteiger partial charge in [-0.2, -0.15) is 0 Å². The quantitative estimate of drug-likeness (QED) is 0.314. The van der Waals surface area contributed by atoms with Gasteiger partial charge in [0.15, 0.2) is 5.58 Å². The fraction of sp³-hybridized carbons (Fsp3) is 0.167. The van der Waals surface area contributed by atoms with Gasteiger partial charge < -0.3 is 14.6 Å². The molecule has 0 spiro atoms. The average molecular weight is 511 g/mol. The van der Waals surface area contributed by atoms with Crippen molar-refractivity contribution in [1.82, 2.24) is 4.98 Å². The molecule has 0 aliphatic heterocycles. The van der Waals surface area contributed by atoms with E-state index in [0.717, 1.165) is 22.2 Å². The third-order valence-corrected chi connectivity index (χ3v) is 5.95. The van der Waals surface area contributed by atoms with Crippen molar-refractivity contribution in [2.45, 2.75) is 13.8 Å². The van der Waals surface area contributed by atoms with E-state index in [9.17, 15) is 4.79 Å². The van der Waals surface area contributed by atoms with Crippen molar-refractivity contribution in [3.8, 4) is 11.5 Å². The SMILES string of the molecule is CCN(CC)c1ccc(-c2nc3cc(NC(=O)c4ccccc4I)ccc3o2)cc1. The van der Waals surface area contributed by atoms with E-state index in [1.54, 1.807) is 0 Å². The number of hydrogen-bond donors (Lipinski definition) is 1. The molecule has 1 amide bonds. The number of anilines is 2. The summed E-state index contributed by atoms with van der Waals surface area (Å²) in [5.41, 5.74) is 4.83. The number of halogens is 1. The number of nitrogens with one attached hydrogen (secondary N) is 1. The molecule has 0 saturated heterocycles. The molecule has 6 heteroatoms. The van der Waals surface area contributed by atoms with E-state index in [1.807, 2.05) is 54.6 Å². The Kier molecular flexibility index (Phi) is 6.03. The van der Waals surface area contributed by atoms with Crippen LogP contribution in [0.4, 0.5) is 11.4 Å². The Labute approximate surface area is 189 Å². The second kappa shape index (κ2) is 8.87. The molecule has 0 fully saturated rings. The predicted molar refractivity (Wildman–Crippen MR) is 130 cm³/mol. The topological polar surface area (TPSA) is 58.4 Å². The molecule has 0 saturated carbocycles. The first-order valence-corrected chi connectivity index (χ1v) is 11.0. The van der Waals surface area contributed by atoms with Gasteiger partial charge in [-0.3, -0.25) is 4.79 Å². The minimum Gasteiger partial charge on any atom is -0.436 e.